The predicted molar refractivity (Wildman–Crippen MR) is 71.6 cm³/mol. The predicted octanol–water partition coefficient (Wildman–Crippen LogP) is 3.97. The third-order valence-corrected chi connectivity index (χ3v) is 2.82. The van der Waals surface area contributed by atoms with E-state index in [0.717, 1.165) is 4.47 Å². The van der Waals surface area contributed by atoms with Crippen LogP contribution in [0.2, 0.25) is 0 Å². The normalized spacial score (nSPS) is 10.2. The quantitative estimate of drug-likeness (QED) is 0.872. The molecule has 0 saturated heterocycles. The molecule has 0 aliphatic carbocycles. The summed E-state index contributed by atoms with van der Waals surface area (Å²) >= 11 is 3.26. The number of nitrogens with two attached hydrogens (primary N) is 1. The lowest BCUT2D eigenvalue weighted by atomic mass is 10.2. The highest BCUT2D eigenvalue weighted by molar-refractivity contribution is 9.10. The molecule has 0 aromatic heterocycles. The topological polar surface area (TPSA) is 44.5 Å². The molecule has 2 N–H and O–H groups in total. The number of benzene rings is 2. The lowest BCUT2D eigenvalue weighted by Crippen LogP contribution is -1.94. The molecule has 0 bridgehead atoms. The average Bonchev–Trinajstić information content (AvgIpc) is 2.36. The van der Waals surface area contributed by atoms with Gasteiger partial charge in [0.15, 0.2) is 11.6 Å². The highest BCUT2D eigenvalue weighted by atomic mass is 79.9. The van der Waals surface area contributed by atoms with Crippen LogP contribution >= 0.6 is 15.9 Å². The van der Waals surface area contributed by atoms with Gasteiger partial charge in [0.25, 0.3) is 0 Å². The maximum Gasteiger partial charge on any atom is 0.165 e. The molecule has 0 aliphatic rings. The second-order valence-electron chi connectivity index (χ2n) is 3.58. The van der Waals surface area contributed by atoms with Crippen molar-refractivity contribution in [3.63, 3.8) is 0 Å². The van der Waals surface area contributed by atoms with Crippen molar-refractivity contribution in [2.75, 3.05) is 12.8 Å². The van der Waals surface area contributed by atoms with Crippen molar-refractivity contribution in [3.8, 4) is 17.2 Å². The zero-order chi connectivity index (χ0) is 13.1. The smallest absolute Gasteiger partial charge is 0.165 e. The summed E-state index contributed by atoms with van der Waals surface area (Å²) in [5.41, 5.74) is 6.18. The molecular formula is C13H11BrFNO2. The number of methoxy groups -OCH3 is 1. The molecule has 0 aliphatic heterocycles. The number of ether oxygens (including phenoxy) is 2. The summed E-state index contributed by atoms with van der Waals surface area (Å²) in [5, 5.41) is 0. The maximum atomic E-state index is 13.5. The first-order valence-electron chi connectivity index (χ1n) is 5.16. The molecular weight excluding hydrogens is 301 g/mol. The fourth-order valence-electron chi connectivity index (χ4n) is 1.44. The van der Waals surface area contributed by atoms with Crippen LogP contribution in [-0.4, -0.2) is 7.11 Å². The van der Waals surface area contributed by atoms with Crippen LogP contribution in [0.4, 0.5) is 10.1 Å². The molecule has 0 unspecified atom stereocenters. The Morgan fingerprint density at radius 2 is 1.89 bits per heavy atom. The highest BCUT2D eigenvalue weighted by Gasteiger charge is 2.07. The monoisotopic (exact) mass is 311 g/mol. The van der Waals surface area contributed by atoms with Gasteiger partial charge in [-0.05, 0) is 30.3 Å². The van der Waals surface area contributed by atoms with Crippen molar-refractivity contribution < 1.29 is 13.9 Å². The minimum atomic E-state index is -0.436. The molecule has 94 valence electrons. The third-order valence-electron chi connectivity index (χ3n) is 2.33. The van der Waals surface area contributed by atoms with Crippen LogP contribution in [0.25, 0.3) is 0 Å². The standard InChI is InChI=1S/C13H11BrFNO2/c1-17-13-7-9(3-5-11(13)16)18-12-6-8(14)2-4-10(12)15/h2-7H,16H2,1H3. The number of halogens is 2. The first-order valence-corrected chi connectivity index (χ1v) is 5.96. The van der Waals surface area contributed by atoms with Gasteiger partial charge in [0.05, 0.1) is 12.8 Å². The van der Waals surface area contributed by atoms with Crippen molar-refractivity contribution >= 4 is 21.6 Å². The van der Waals surface area contributed by atoms with E-state index in [2.05, 4.69) is 15.9 Å². The molecule has 0 saturated carbocycles. The maximum absolute atomic E-state index is 13.5. The van der Waals surface area contributed by atoms with Gasteiger partial charge in [-0.2, -0.15) is 0 Å². The number of anilines is 1. The van der Waals surface area contributed by atoms with Crippen molar-refractivity contribution in [2.24, 2.45) is 0 Å². The van der Waals surface area contributed by atoms with Crippen molar-refractivity contribution in [1.82, 2.24) is 0 Å². The first kappa shape index (κ1) is 12.7. The minimum Gasteiger partial charge on any atom is -0.494 e. The Kier molecular flexibility index (Phi) is 3.72. The lowest BCUT2D eigenvalue weighted by molar-refractivity contribution is 0.407. The van der Waals surface area contributed by atoms with Gasteiger partial charge in [-0.1, -0.05) is 15.9 Å². The number of rotatable bonds is 3. The fraction of sp³-hybridized carbons (Fsp3) is 0.0769. The molecule has 5 heteroatoms. The zero-order valence-corrected chi connectivity index (χ0v) is 11.2. The van der Waals surface area contributed by atoms with Gasteiger partial charge >= 0.3 is 0 Å². The largest absolute Gasteiger partial charge is 0.494 e. The Morgan fingerprint density at radius 3 is 2.61 bits per heavy atom. The zero-order valence-electron chi connectivity index (χ0n) is 9.61. The fourth-order valence-corrected chi connectivity index (χ4v) is 1.78. The van der Waals surface area contributed by atoms with Crippen LogP contribution < -0.4 is 15.2 Å². The van der Waals surface area contributed by atoms with E-state index in [0.29, 0.717) is 17.2 Å². The first-order chi connectivity index (χ1) is 8.60. The summed E-state index contributed by atoms with van der Waals surface area (Å²) in [6, 6.07) is 9.38. The van der Waals surface area contributed by atoms with Gasteiger partial charge in [-0.3, -0.25) is 0 Å². The molecule has 0 fully saturated rings. The number of hydrogen-bond donors (Lipinski definition) is 1. The van der Waals surface area contributed by atoms with Crippen LogP contribution in [0.3, 0.4) is 0 Å². The van der Waals surface area contributed by atoms with E-state index >= 15 is 0 Å². The van der Waals surface area contributed by atoms with Gasteiger partial charge in [0.2, 0.25) is 0 Å². The summed E-state index contributed by atoms with van der Waals surface area (Å²) in [5.74, 6) is 0.645. The Bertz CT molecular complexity index is 575. The van der Waals surface area contributed by atoms with E-state index in [1.54, 1.807) is 30.3 Å². The SMILES string of the molecule is COc1cc(Oc2cc(Br)ccc2F)ccc1N. The van der Waals surface area contributed by atoms with E-state index in [9.17, 15) is 4.39 Å². The summed E-state index contributed by atoms with van der Waals surface area (Å²) in [6.45, 7) is 0. The number of hydrogen-bond acceptors (Lipinski definition) is 3. The van der Waals surface area contributed by atoms with Gasteiger partial charge in [-0.15, -0.1) is 0 Å². The molecule has 0 spiro atoms. The Labute approximate surface area is 112 Å². The van der Waals surface area contributed by atoms with Gasteiger partial charge in [0.1, 0.15) is 11.5 Å². The summed E-state index contributed by atoms with van der Waals surface area (Å²) in [7, 11) is 1.51. The highest BCUT2D eigenvalue weighted by Crippen LogP contribution is 2.32. The van der Waals surface area contributed by atoms with E-state index in [-0.39, 0.29) is 5.75 Å². The molecule has 0 heterocycles. The second-order valence-corrected chi connectivity index (χ2v) is 4.50. The van der Waals surface area contributed by atoms with Gasteiger partial charge < -0.3 is 15.2 Å². The molecule has 18 heavy (non-hydrogen) atoms. The Hall–Kier alpha value is -1.75. The van der Waals surface area contributed by atoms with Gasteiger partial charge in [-0.25, -0.2) is 4.39 Å². The summed E-state index contributed by atoms with van der Waals surface area (Å²) in [4.78, 5) is 0. The van der Waals surface area contributed by atoms with E-state index < -0.39 is 5.82 Å². The van der Waals surface area contributed by atoms with Crippen LogP contribution in [0, 0.1) is 5.82 Å². The Morgan fingerprint density at radius 1 is 1.11 bits per heavy atom. The lowest BCUT2D eigenvalue weighted by Gasteiger charge is -2.10. The van der Waals surface area contributed by atoms with E-state index in [1.807, 2.05) is 0 Å². The molecule has 3 nitrogen and oxygen atoms in total. The van der Waals surface area contributed by atoms with Gasteiger partial charge in [0, 0.05) is 10.5 Å². The van der Waals surface area contributed by atoms with Crippen LogP contribution in [0.15, 0.2) is 40.9 Å². The minimum absolute atomic E-state index is 0.135. The van der Waals surface area contributed by atoms with Crippen molar-refractivity contribution in [1.29, 1.82) is 0 Å². The van der Waals surface area contributed by atoms with Crippen LogP contribution in [0.5, 0.6) is 17.2 Å². The molecule has 2 rings (SSSR count). The summed E-state index contributed by atoms with van der Waals surface area (Å²) < 4.78 is 24.8. The number of nitrogen functional groups attached to an aromatic ring is 1. The molecule has 0 radical (unpaired) electrons. The molecule has 0 amide bonds. The Balaban J connectivity index is 2.31. The van der Waals surface area contributed by atoms with Crippen molar-refractivity contribution in [3.05, 3.63) is 46.7 Å². The van der Waals surface area contributed by atoms with Crippen molar-refractivity contribution in [2.45, 2.75) is 0 Å². The molecule has 0 atom stereocenters. The summed E-state index contributed by atoms with van der Waals surface area (Å²) in [6.07, 6.45) is 0. The average molecular weight is 312 g/mol. The second kappa shape index (κ2) is 5.27. The van der Waals surface area contributed by atoms with Crippen LogP contribution in [-0.2, 0) is 0 Å². The third kappa shape index (κ3) is 2.73. The van der Waals surface area contributed by atoms with E-state index in [4.69, 9.17) is 15.2 Å². The molecule has 2 aromatic carbocycles. The van der Waals surface area contributed by atoms with E-state index in [1.165, 1.54) is 13.2 Å². The van der Waals surface area contributed by atoms with Crippen LogP contribution in [0.1, 0.15) is 0 Å². The molecule has 2 aromatic rings.